The van der Waals surface area contributed by atoms with Crippen LogP contribution in [0.2, 0.25) is 0 Å². The normalized spacial score (nSPS) is 14.4. The van der Waals surface area contributed by atoms with E-state index in [1.807, 2.05) is 11.3 Å². The van der Waals surface area contributed by atoms with Crippen LogP contribution in [0.15, 0.2) is 91.0 Å². The van der Waals surface area contributed by atoms with E-state index in [1.165, 1.54) is 113 Å². The number of thiophene rings is 1. The average molecular weight is 518 g/mol. The number of benzene rings is 6. The molecule has 0 unspecified atom stereocenters. The van der Waals surface area contributed by atoms with E-state index in [-0.39, 0.29) is 6.85 Å². The molecule has 178 valence electrons. The van der Waals surface area contributed by atoms with Crippen LogP contribution in [0.25, 0.3) is 102 Å². The van der Waals surface area contributed by atoms with Gasteiger partial charge in [0.2, 0.25) is 0 Å². The molecule has 0 radical (unpaired) electrons. The van der Waals surface area contributed by atoms with E-state index in [9.17, 15) is 0 Å². The first-order valence-electron chi connectivity index (χ1n) is 14.1. The van der Waals surface area contributed by atoms with Gasteiger partial charge in [0.1, 0.15) is 0 Å². The van der Waals surface area contributed by atoms with Crippen molar-refractivity contribution >= 4 is 109 Å². The van der Waals surface area contributed by atoms with Crippen LogP contribution in [-0.4, -0.2) is 15.7 Å². The van der Waals surface area contributed by atoms with Gasteiger partial charge in [-0.2, -0.15) is 0 Å². The molecule has 0 aliphatic carbocycles. The highest BCUT2D eigenvalue weighted by molar-refractivity contribution is 7.26. The highest BCUT2D eigenvalue weighted by Gasteiger charge is 2.45. The van der Waals surface area contributed by atoms with Crippen LogP contribution in [-0.2, 0) is 0 Å². The fourth-order valence-corrected chi connectivity index (χ4v) is 10.5. The Labute approximate surface area is 230 Å². The number of para-hydroxylation sites is 2. The number of rotatable bonds is 0. The van der Waals surface area contributed by atoms with Gasteiger partial charge in [-0.3, -0.25) is 0 Å². The van der Waals surface area contributed by atoms with Crippen LogP contribution >= 0.6 is 11.3 Å². The number of hydrogen-bond acceptors (Lipinski definition) is 1. The van der Waals surface area contributed by atoms with Gasteiger partial charge in [-0.05, 0) is 34.2 Å². The third-order valence-electron chi connectivity index (χ3n) is 10.5. The Morgan fingerprint density at radius 3 is 1.98 bits per heavy atom. The number of fused-ring (bicyclic) bond motifs is 9. The molecule has 0 fully saturated rings. The summed E-state index contributed by atoms with van der Waals surface area (Å²) in [5.74, 6) is 0. The summed E-state index contributed by atoms with van der Waals surface area (Å²) in [6, 6.07) is 35.1. The maximum Gasteiger partial charge on any atom is 0.333 e. The van der Waals surface area contributed by atoms with Gasteiger partial charge in [-0.25, -0.2) is 0 Å². The summed E-state index contributed by atoms with van der Waals surface area (Å²) < 4.78 is 8.19. The van der Waals surface area contributed by atoms with Gasteiger partial charge < -0.3 is 8.88 Å². The maximum atomic E-state index is 2.75. The van der Waals surface area contributed by atoms with Gasteiger partial charge >= 0.3 is 6.85 Å². The zero-order chi connectivity index (χ0) is 25.2. The predicted octanol–water partition coefficient (Wildman–Crippen LogP) is 8.24. The standard InChI is InChI=1S/C36H15BN2S/c1-2-10-27-16(5-1)26-15-25-18-12-14-23-21-8-3-7-20-22-13-11-17-19-6-4-9-24-28(36(26)40-27)33(25)39(32(19)24)37-29(17)34(22)38(31(20)21)35(23)30(18)37/h1-15H. The number of aromatic nitrogens is 2. The third-order valence-corrected chi connectivity index (χ3v) is 11.7. The smallest absolute Gasteiger partial charge is 0.333 e. The molecular formula is C36H15BN2S. The average Bonchev–Trinajstić information content (AvgIpc) is 3.74. The van der Waals surface area contributed by atoms with Gasteiger partial charge in [-0.1, -0.05) is 78.9 Å². The van der Waals surface area contributed by atoms with Crippen molar-refractivity contribution in [1.82, 2.24) is 8.88 Å². The topological polar surface area (TPSA) is 9.34 Å². The second-order valence-electron chi connectivity index (χ2n) is 12.0. The Morgan fingerprint density at radius 2 is 1.15 bits per heavy atom. The summed E-state index contributed by atoms with van der Waals surface area (Å²) in [4.78, 5) is 0. The monoisotopic (exact) mass is 518 g/mol. The lowest BCUT2D eigenvalue weighted by atomic mass is 9.44. The first-order chi connectivity index (χ1) is 19.9. The molecule has 0 saturated heterocycles. The van der Waals surface area contributed by atoms with Crippen molar-refractivity contribution < 1.29 is 0 Å². The molecule has 2 nitrogen and oxygen atoms in total. The summed E-state index contributed by atoms with van der Waals surface area (Å²) in [7, 11) is 0. The second-order valence-corrected chi connectivity index (χ2v) is 13.0. The van der Waals surface area contributed by atoms with Crippen molar-refractivity contribution in [3.63, 3.8) is 0 Å². The molecule has 0 saturated carbocycles. The lowest BCUT2D eigenvalue weighted by Crippen LogP contribution is -2.55. The minimum atomic E-state index is 0.198. The van der Waals surface area contributed by atoms with Crippen LogP contribution in [0.3, 0.4) is 0 Å². The summed E-state index contributed by atoms with van der Waals surface area (Å²) in [6.07, 6.45) is 0. The van der Waals surface area contributed by atoms with E-state index >= 15 is 0 Å². The van der Waals surface area contributed by atoms with Crippen LogP contribution in [0.1, 0.15) is 0 Å². The molecule has 0 atom stereocenters. The van der Waals surface area contributed by atoms with Gasteiger partial charge in [0.25, 0.3) is 0 Å². The van der Waals surface area contributed by atoms with E-state index < -0.39 is 0 Å². The van der Waals surface area contributed by atoms with Gasteiger partial charge in [0.15, 0.2) is 0 Å². The van der Waals surface area contributed by atoms with Crippen LogP contribution in [0, 0.1) is 0 Å². The summed E-state index contributed by atoms with van der Waals surface area (Å²) in [5.41, 5.74) is 15.6. The first kappa shape index (κ1) is 18.5. The molecule has 4 aromatic heterocycles. The van der Waals surface area contributed by atoms with Crippen molar-refractivity contribution in [3.05, 3.63) is 91.0 Å². The Kier molecular flexibility index (Phi) is 2.52. The molecule has 4 heteroatoms. The van der Waals surface area contributed by atoms with E-state index in [1.54, 1.807) is 0 Å². The fourth-order valence-electron chi connectivity index (χ4n) is 9.26. The summed E-state index contributed by atoms with van der Waals surface area (Å²) >= 11 is 1.96. The zero-order valence-corrected chi connectivity index (χ0v) is 21.9. The quantitative estimate of drug-likeness (QED) is 0.179. The first-order valence-corrected chi connectivity index (χ1v) is 14.9. The lowest BCUT2D eigenvalue weighted by molar-refractivity contribution is 1.29. The van der Waals surface area contributed by atoms with Gasteiger partial charge in [0, 0.05) is 74.6 Å². The second kappa shape index (κ2) is 5.45. The van der Waals surface area contributed by atoms with Crippen molar-refractivity contribution in [2.24, 2.45) is 0 Å². The largest absolute Gasteiger partial charge is 0.375 e. The van der Waals surface area contributed by atoms with Crippen molar-refractivity contribution in [1.29, 1.82) is 0 Å². The Morgan fingerprint density at radius 1 is 0.475 bits per heavy atom. The third kappa shape index (κ3) is 1.57. The minimum Gasteiger partial charge on any atom is -0.375 e. The van der Waals surface area contributed by atoms with Crippen LogP contribution in [0.5, 0.6) is 0 Å². The maximum absolute atomic E-state index is 2.75. The Balaban J connectivity index is 1.44. The predicted molar refractivity (Wildman–Crippen MR) is 172 cm³/mol. The van der Waals surface area contributed by atoms with Crippen LogP contribution in [0.4, 0.5) is 0 Å². The Bertz CT molecular complexity index is 2930. The van der Waals surface area contributed by atoms with E-state index in [4.69, 9.17) is 0 Å². The highest BCUT2D eigenvalue weighted by Crippen LogP contribution is 2.53. The van der Waals surface area contributed by atoms with E-state index in [0.29, 0.717) is 0 Å². The minimum absolute atomic E-state index is 0.198. The number of hydrogen-bond donors (Lipinski definition) is 0. The van der Waals surface area contributed by atoms with Crippen molar-refractivity contribution in [2.75, 3.05) is 0 Å². The van der Waals surface area contributed by atoms with E-state index in [0.717, 1.165) is 0 Å². The molecule has 0 spiro atoms. The molecule has 3 aliphatic heterocycles. The lowest BCUT2D eigenvalue weighted by Gasteiger charge is -2.35. The SMILES string of the molecule is c1ccc2c(c1)sc1c2cc2c3c1c1cccc4c1n3B1c3c-4ccc4c5cccc6c7ccc-2c1c7n(c34)c56. The molecule has 40 heavy (non-hydrogen) atoms. The molecule has 13 rings (SSSR count). The van der Waals surface area contributed by atoms with Crippen LogP contribution < -0.4 is 10.9 Å². The Hall–Kier alpha value is -4.80. The van der Waals surface area contributed by atoms with Gasteiger partial charge in [-0.15, -0.1) is 11.3 Å². The highest BCUT2D eigenvalue weighted by atomic mass is 32.1. The molecule has 0 amide bonds. The summed E-state index contributed by atoms with van der Waals surface area (Å²) in [6.45, 7) is 0.198. The van der Waals surface area contributed by atoms with Crippen molar-refractivity contribution in [2.45, 2.75) is 0 Å². The van der Waals surface area contributed by atoms with Gasteiger partial charge in [0.05, 0.1) is 16.6 Å². The molecular weight excluding hydrogens is 503 g/mol. The molecule has 7 heterocycles. The molecule has 0 bridgehead atoms. The number of nitrogens with zero attached hydrogens (tertiary/aromatic N) is 2. The molecule has 6 aromatic carbocycles. The van der Waals surface area contributed by atoms with Crippen molar-refractivity contribution in [3.8, 4) is 22.3 Å². The van der Waals surface area contributed by atoms with E-state index in [2.05, 4.69) is 99.9 Å². The zero-order valence-electron chi connectivity index (χ0n) is 21.0. The fraction of sp³-hybridized carbons (Fsp3) is 0. The summed E-state index contributed by atoms with van der Waals surface area (Å²) in [5, 5.41) is 11.1. The molecule has 0 N–H and O–H groups in total. The molecule has 3 aliphatic rings. The molecule has 10 aromatic rings.